The zero-order valence-corrected chi connectivity index (χ0v) is 9.29. The van der Waals surface area contributed by atoms with Crippen molar-refractivity contribution in [1.29, 1.82) is 0 Å². The second kappa shape index (κ2) is 7.90. The number of thioether (sulfide) groups is 1. The minimum absolute atomic E-state index is 0.499. The van der Waals surface area contributed by atoms with Gasteiger partial charge in [0.2, 0.25) is 0 Å². The molecule has 3 N–H and O–H groups in total. The lowest BCUT2D eigenvalue weighted by Gasteiger charge is -2.14. The predicted molar refractivity (Wildman–Crippen MR) is 58.2 cm³/mol. The second-order valence-electron chi connectivity index (χ2n) is 3.64. The monoisotopic (exact) mass is 190 g/mol. The normalized spacial score (nSPS) is 13.8. The molecule has 0 aromatic carbocycles. The molecule has 0 aromatic heterocycles. The van der Waals surface area contributed by atoms with Crippen LogP contribution in [-0.2, 0) is 0 Å². The number of hydrogen-bond acceptors (Lipinski definition) is 3. The van der Waals surface area contributed by atoms with Gasteiger partial charge in [-0.05, 0) is 18.6 Å². The van der Waals surface area contributed by atoms with E-state index in [0.29, 0.717) is 6.04 Å². The molecule has 0 fully saturated rings. The van der Waals surface area contributed by atoms with Gasteiger partial charge in [-0.3, -0.25) is 11.3 Å². The Kier molecular flexibility index (Phi) is 8.07. The highest BCUT2D eigenvalue weighted by atomic mass is 32.2. The van der Waals surface area contributed by atoms with Gasteiger partial charge in [-0.15, -0.1) is 0 Å². The Morgan fingerprint density at radius 2 is 2.00 bits per heavy atom. The van der Waals surface area contributed by atoms with E-state index < -0.39 is 0 Å². The molecule has 2 nitrogen and oxygen atoms in total. The van der Waals surface area contributed by atoms with Crippen LogP contribution in [0.3, 0.4) is 0 Å². The van der Waals surface area contributed by atoms with Crippen molar-refractivity contribution in [3.63, 3.8) is 0 Å². The van der Waals surface area contributed by atoms with Gasteiger partial charge in [0, 0.05) is 11.8 Å². The van der Waals surface area contributed by atoms with Gasteiger partial charge < -0.3 is 0 Å². The zero-order valence-electron chi connectivity index (χ0n) is 8.47. The lowest BCUT2D eigenvalue weighted by Crippen LogP contribution is -2.36. The topological polar surface area (TPSA) is 38.0 Å². The zero-order chi connectivity index (χ0) is 9.40. The summed E-state index contributed by atoms with van der Waals surface area (Å²) in [5, 5.41) is 0. The standard InChI is InChI=1S/C9H22N2S/c1-8(2)5-4-6-9(11-10)7-12-3/h8-9,11H,4-7,10H2,1-3H3. The van der Waals surface area contributed by atoms with Crippen LogP contribution in [-0.4, -0.2) is 18.1 Å². The molecule has 0 aliphatic heterocycles. The summed E-state index contributed by atoms with van der Waals surface area (Å²) in [6.45, 7) is 4.53. The third-order valence-corrected chi connectivity index (χ3v) is 2.67. The average Bonchev–Trinajstić information content (AvgIpc) is 2.02. The van der Waals surface area contributed by atoms with Crippen LogP contribution in [0.2, 0.25) is 0 Å². The van der Waals surface area contributed by atoms with Crippen LogP contribution in [0, 0.1) is 5.92 Å². The van der Waals surface area contributed by atoms with Gasteiger partial charge in [-0.25, -0.2) is 0 Å². The van der Waals surface area contributed by atoms with E-state index in [1.807, 2.05) is 11.8 Å². The Morgan fingerprint density at radius 1 is 1.33 bits per heavy atom. The lowest BCUT2D eigenvalue weighted by molar-refractivity contribution is 0.469. The molecule has 0 rings (SSSR count). The van der Waals surface area contributed by atoms with E-state index in [0.717, 1.165) is 11.7 Å². The van der Waals surface area contributed by atoms with Crippen LogP contribution in [0.15, 0.2) is 0 Å². The molecule has 0 bridgehead atoms. The summed E-state index contributed by atoms with van der Waals surface area (Å²) in [7, 11) is 0. The number of hydrogen-bond donors (Lipinski definition) is 2. The quantitative estimate of drug-likeness (QED) is 0.476. The summed E-state index contributed by atoms with van der Waals surface area (Å²) < 4.78 is 0. The fourth-order valence-corrected chi connectivity index (χ4v) is 1.85. The minimum Gasteiger partial charge on any atom is -0.271 e. The average molecular weight is 190 g/mol. The number of rotatable bonds is 7. The largest absolute Gasteiger partial charge is 0.271 e. The third-order valence-electron chi connectivity index (χ3n) is 1.94. The molecule has 1 unspecified atom stereocenters. The maximum atomic E-state index is 5.41. The van der Waals surface area contributed by atoms with Crippen LogP contribution >= 0.6 is 11.8 Å². The highest BCUT2D eigenvalue weighted by Gasteiger charge is 2.05. The molecule has 0 amide bonds. The molecule has 0 aliphatic rings. The fourth-order valence-electron chi connectivity index (χ4n) is 1.19. The van der Waals surface area contributed by atoms with Gasteiger partial charge in [-0.2, -0.15) is 11.8 Å². The van der Waals surface area contributed by atoms with Gasteiger partial charge in [0.1, 0.15) is 0 Å². The Labute approximate surface area is 80.6 Å². The highest BCUT2D eigenvalue weighted by molar-refractivity contribution is 7.98. The SMILES string of the molecule is CSCC(CCCC(C)C)NN. The molecule has 0 spiro atoms. The maximum Gasteiger partial charge on any atom is 0.0301 e. The van der Waals surface area contributed by atoms with Gasteiger partial charge >= 0.3 is 0 Å². The van der Waals surface area contributed by atoms with E-state index in [-0.39, 0.29) is 0 Å². The Bertz CT molecular complexity index is 96.5. The lowest BCUT2D eigenvalue weighted by atomic mass is 10.0. The first kappa shape index (κ1) is 12.3. The van der Waals surface area contributed by atoms with Crippen LogP contribution in [0.5, 0.6) is 0 Å². The van der Waals surface area contributed by atoms with Crippen molar-refractivity contribution >= 4 is 11.8 Å². The molecule has 0 saturated heterocycles. The third kappa shape index (κ3) is 6.95. The smallest absolute Gasteiger partial charge is 0.0301 e. The van der Waals surface area contributed by atoms with Crippen LogP contribution in [0.25, 0.3) is 0 Å². The summed E-state index contributed by atoms with van der Waals surface area (Å²) in [6, 6.07) is 0.499. The minimum atomic E-state index is 0.499. The van der Waals surface area contributed by atoms with E-state index in [1.54, 1.807) is 0 Å². The number of nitrogens with two attached hydrogens (primary N) is 1. The molecule has 0 radical (unpaired) electrons. The predicted octanol–water partition coefficient (Wildman–Crippen LogP) is 2.01. The molecule has 1 atom stereocenters. The summed E-state index contributed by atoms with van der Waals surface area (Å²) in [4.78, 5) is 0. The first-order chi connectivity index (χ1) is 5.70. The van der Waals surface area contributed by atoms with Crippen molar-refractivity contribution in [2.45, 2.75) is 39.2 Å². The van der Waals surface area contributed by atoms with Crippen molar-refractivity contribution in [1.82, 2.24) is 5.43 Å². The van der Waals surface area contributed by atoms with Gasteiger partial charge in [0.15, 0.2) is 0 Å². The Balaban J connectivity index is 3.31. The van der Waals surface area contributed by atoms with Crippen LogP contribution in [0.4, 0.5) is 0 Å². The first-order valence-electron chi connectivity index (χ1n) is 4.65. The first-order valence-corrected chi connectivity index (χ1v) is 6.05. The van der Waals surface area contributed by atoms with E-state index in [1.165, 1.54) is 19.3 Å². The molecular formula is C9H22N2S. The summed E-state index contributed by atoms with van der Waals surface area (Å²) in [6.07, 6.45) is 5.92. The molecule has 74 valence electrons. The molecule has 3 heteroatoms. The van der Waals surface area contributed by atoms with Gasteiger partial charge in [0.25, 0.3) is 0 Å². The fraction of sp³-hybridized carbons (Fsp3) is 1.00. The number of nitrogens with one attached hydrogen (secondary N) is 1. The molecule has 0 saturated carbocycles. The van der Waals surface area contributed by atoms with Gasteiger partial charge in [0.05, 0.1) is 0 Å². The van der Waals surface area contributed by atoms with Gasteiger partial charge in [-0.1, -0.05) is 26.7 Å². The molecule has 0 aromatic rings. The Hall–Kier alpha value is 0.270. The summed E-state index contributed by atoms with van der Waals surface area (Å²) in [5.41, 5.74) is 2.86. The molecular weight excluding hydrogens is 168 g/mol. The van der Waals surface area contributed by atoms with Crippen LogP contribution < -0.4 is 11.3 Å². The van der Waals surface area contributed by atoms with E-state index in [9.17, 15) is 0 Å². The van der Waals surface area contributed by atoms with E-state index >= 15 is 0 Å². The van der Waals surface area contributed by atoms with Crippen LogP contribution in [0.1, 0.15) is 33.1 Å². The highest BCUT2D eigenvalue weighted by Crippen LogP contribution is 2.10. The maximum absolute atomic E-state index is 5.41. The van der Waals surface area contributed by atoms with Crippen molar-refractivity contribution in [3.05, 3.63) is 0 Å². The molecule has 0 aliphatic carbocycles. The molecule has 0 heterocycles. The Morgan fingerprint density at radius 3 is 2.42 bits per heavy atom. The molecule has 12 heavy (non-hydrogen) atoms. The van der Waals surface area contributed by atoms with Crippen molar-refractivity contribution in [2.24, 2.45) is 11.8 Å². The van der Waals surface area contributed by atoms with Crippen molar-refractivity contribution in [2.75, 3.05) is 12.0 Å². The second-order valence-corrected chi connectivity index (χ2v) is 4.55. The van der Waals surface area contributed by atoms with E-state index in [2.05, 4.69) is 25.5 Å². The van der Waals surface area contributed by atoms with Crippen molar-refractivity contribution < 1.29 is 0 Å². The van der Waals surface area contributed by atoms with E-state index in [4.69, 9.17) is 5.84 Å². The summed E-state index contributed by atoms with van der Waals surface area (Å²) >= 11 is 1.85. The number of hydrazine groups is 1. The van der Waals surface area contributed by atoms with Crippen molar-refractivity contribution in [3.8, 4) is 0 Å². The summed E-state index contributed by atoms with van der Waals surface area (Å²) in [5.74, 6) is 7.35.